The molecule has 1 aliphatic rings. The van der Waals surface area contributed by atoms with Crippen LogP contribution in [-0.2, 0) is 4.89 Å². The maximum absolute atomic E-state index is 12.3. The number of phenolic OH excluding ortho intramolecular Hbond substituents is 2. The minimum absolute atomic E-state index is 0.112. The van der Waals surface area contributed by atoms with Gasteiger partial charge in [0, 0.05) is 17.2 Å². The molecular formula is C25H26N2O6. The van der Waals surface area contributed by atoms with Gasteiger partial charge in [-0.1, -0.05) is 48.9 Å². The fraction of sp³-hybridized carbons (Fsp3) is 0.200. The zero-order valence-electron chi connectivity index (χ0n) is 18.1. The number of amides is 2. The number of urea groups is 1. The Morgan fingerprint density at radius 3 is 2.00 bits per heavy atom. The second-order valence-electron chi connectivity index (χ2n) is 7.58. The van der Waals surface area contributed by atoms with Gasteiger partial charge >= 0.3 is 6.03 Å². The zero-order valence-corrected chi connectivity index (χ0v) is 18.1. The van der Waals surface area contributed by atoms with E-state index < -0.39 is 6.03 Å². The molecule has 8 heteroatoms. The van der Waals surface area contributed by atoms with Crippen molar-refractivity contribution in [2.45, 2.75) is 19.3 Å². The number of carbonyl (C=O) groups excluding carboxylic acids is 2. The fourth-order valence-electron chi connectivity index (χ4n) is 3.40. The maximum Gasteiger partial charge on any atom is 0.323 e. The molecule has 1 saturated carbocycles. The summed E-state index contributed by atoms with van der Waals surface area (Å²) in [5.74, 6) is -0.273. The molecule has 33 heavy (non-hydrogen) atoms. The molecule has 0 heterocycles. The Bertz CT molecular complexity index is 1090. The van der Waals surface area contributed by atoms with E-state index in [4.69, 9.17) is 5.26 Å². The lowest BCUT2D eigenvalue weighted by Crippen LogP contribution is -2.21. The molecule has 1 aliphatic carbocycles. The minimum Gasteiger partial charge on any atom is -0.504 e. The van der Waals surface area contributed by atoms with Crippen LogP contribution in [0.5, 0.6) is 11.5 Å². The summed E-state index contributed by atoms with van der Waals surface area (Å²) in [6, 6.07) is 18.7. The van der Waals surface area contributed by atoms with Crippen molar-refractivity contribution in [3.05, 3.63) is 72.3 Å². The van der Waals surface area contributed by atoms with Crippen LogP contribution in [-0.4, -0.2) is 34.4 Å². The van der Waals surface area contributed by atoms with Crippen LogP contribution in [0.3, 0.4) is 0 Å². The average Bonchev–Trinajstić information content (AvgIpc) is 2.77. The number of ketones is 1. The highest BCUT2D eigenvalue weighted by atomic mass is 17.1. The molecule has 0 unspecified atom stereocenters. The van der Waals surface area contributed by atoms with Crippen LogP contribution in [0.2, 0.25) is 0 Å². The topological polar surface area (TPSA) is 128 Å². The largest absolute Gasteiger partial charge is 0.504 e. The number of nitrogens with one attached hydrogen (secondary N) is 2. The Morgan fingerprint density at radius 2 is 1.45 bits per heavy atom. The smallest absolute Gasteiger partial charge is 0.323 e. The molecule has 0 saturated heterocycles. The molecule has 172 valence electrons. The van der Waals surface area contributed by atoms with Crippen molar-refractivity contribution in [1.82, 2.24) is 0 Å². The number of para-hydroxylation sites is 1. The van der Waals surface area contributed by atoms with Crippen molar-refractivity contribution in [2.75, 3.05) is 17.7 Å². The third-order valence-corrected chi connectivity index (χ3v) is 5.38. The summed E-state index contributed by atoms with van der Waals surface area (Å²) in [6.45, 7) is 0. The highest BCUT2D eigenvalue weighted by molar-refractivity contribution is 6.01. The van der Waals surface area contributed by atoms with Gasteiger partial charge in [0.05, 0.1) is 12.8 Å². The second kappa shape index (κ2) is 11.1. The summed E-state index contributed by atoms with van der Waals surface area (Å²) in [7, 11) is 1.18. The molecule has 3 aromatic carbocycles. The first-order valence-corrected chi connectivity index (χ1v) is 10.4. The molecule has 5 N–H and O–H groups in total. The zero-order chi connectivity index (χ0) is 23.8. The number of carbonyl (C=O) groups is 2. The molecule has 1 fully saturated rings. The van der Waals surface area contributed by atoms with Crippen LogP contribution < -0.4 is 10.6 Å². The summed E-state index contributed by atoms with van der Waals surface area (Å²) in [6.07, 6.45) is 3.13. The van der Waals surface area contributed by atoms with Crippen LogP contribution >= 0.6 is 0 Å². The SMILES string of the molecule is COO.O=C(Nc1ccc(-c2ccc(C(=O)C3CCC3)cc2)cc1)Nc1cccc(O)c1O. The Kier molecular flexibility index (Phi) is 8.01. The summed E-state index contributed by atoms with van der Waals surface area (Å²) < 4.78 is 0. The summed E-state index contributed by atoms with van der Waals surface area (Å²) in [5.41, 5.74) is 3.40. The predicted octanol–water partition coefficient (Wildman–Crippen LogP) is 5.50. The molecule has 3 aromatic rings. The summed E-state index contributed by atoms with van der Waals surface area (Å²) >= 11 is 0. The number of benzene rings is 3. The first-order valence-electron chi connectivity index (χ1n) is 10.4. The normalized spacial score (nSPS) is 12.7. The highest BCUT2D eigenvalue weighted by Gasteiger charge is 2.25. The molecule has 0 bridgehead atoms. The molecule has 0 spiro atoms. The number of anilines is 2. The second-order valence-corrected chi connectivity index (χ2v) is 7.58. The fourth-order valence-corrected chi connectivity index (χ4v) is 3.40. The van der Waals surface area contributed by atoms with Crippen molar-refractivity contribution < 1.29 is 29.9 Å². The van der Waals surface area contributed by atoms with Gasteiger partial charge in [-0.2, -0.15) is 0 Å². The number of hydrogen-bond donors (Lipinski definition) is 5. The van der Waals surface area contributed by atoms with Crippen LogP contribution in [0.1, 0.15) is 29.6 Å². The molecule has 0 aliphatic heterocycles. The molecule has 0 radical (unpaired) electrons. The van der Waals surface area contributed by atoms with Crippen molar-refractivity contribution >= 4 is 23.2 Å². The van der Waals surface area contributed by atoms with E-state index in [0.29, 0.717) is 5.69 Å². The Labute approximate surface area is 191 Å². The van der Waals surface area contributed by atoms with Gasteiger partial charge in [0.2, 0.25) is 0 Å². The lowest BCUT2D eigenvalue weighted by Gasteiger charge is -2.23. The number of rotatable bonds is 5. The van der Waals surface area contributed by atoms with E-state index >= 15 is 0 Å². The van der Waals surface area contributed by atoms with Gasteiger partial charge in [-0.3, -0.25) is 10.1 Å². The predicted molar refractivity (Wildman–Crippen MR) is 126 cm³/mol. The molecule has 0 aromatic heterocycles. The maximum atomic E-state index is 12.3. The van der Waals surface area contributed by atoms with Crippen molar-refractivity contribution in [1.29, 1.82) is 0 Å². The van der Waals surface area contributed by atoms with Gasteiger partial charge in [0.25, 0.3) is 0 Å². The minimum atomic E-state index is -0.539. The van der Waals surface area contributed by atoms with Crippen LogP contribution in [0, 0.1) is 5.92 Å². The van der Waals surface area contributed by atoms with Crippen LogP contribution in [0.25, 0.3) is 11.1 Å². The van der Waals surface area contributed by atoms with E-state index in [0.717, 1.165) is 36.0 Å². The lowest BCUT2D eigenvalue weighted by atomic mass is 9.80. The Balaban J connectivity index is 0.000000968. The molecule has 2 amide bonds. The molecule has 8 nitrogen and oxygen atoms in total. The number of aromatic hydroxyl groups is 2. The first kappa shape index (κ1) is 23.8. The van der Waals surface area contributed by atoms with Gasteiger partial charge in [-0.25, -0.2) is 9.68 Å². The number of hydrogen-bond acceptors (Lipinski definition) is 6. The van der Waals surface area contributed by atoms with Crippen molar-refractivity contribution in [3.63, 3.8) is 0 Å². The van der Waals surface area contributed by atoms with Gasteiger partial charge in [0.1, 0.15) is 0 Å². The van der Waals surface area contributed by atoms with E-state index in [2.05, 4.69) is 15.5 Å². The lowest BCUT2D eigenvalue weighted by molar-refractivity contribution is -0.214. The number of phenols is 2. The summed E-state index contributed by atoms with van der Waals surface area (Å²) in [4.78, 5) is 27.7. The molecule has 4 rings (SSSR count). The third-order valence-electron chi connectivity index (χ3n) is 5.38. The quantitative estimate of drug-likeness (QED) is 0.151. The van der Waals surface area contributed by atoms with Gasteiger partial charge in [0.15, 0.2) is 17.3 Å². The molecule has 0 atom stereocenters. The van der Waals surface area contributed by atoms with Gasteiger partial charge < -0.3 is 20.8 Å². The van der Waals surface area contributed by atoms with E-state index in [1.807, 2.05) is 36.4 Å². The summed E-state index contributed by atoms with van der Waals surface area (Å²) in [5, 5.41) is 31.5. The van der Waals surface area contributed by atoms with Crippen molar-refractivity contribution in [3.8, 4) is 22.6 Å². The number of Topliss-reactive ketones (excluding diaryl/α,β-unsaturated/α-hetero) is 1. The van der Waals surface area contributed by atoms with E-state index in [9.17, 15) is 19.8 Å². The van der Waals surface area contributed by atoms with Crippen LogP contribution in [0.15, 0.2) is 66.7 Å². The van der Waals surface area contributed by atoms with Gasteiger partial charge in [-0.05, 0) is 48.2 Å². The highest BCUT2D eigenvalue weighted by Crippen LogP contribution is 2.33. The molecular weight excluding hydrogens is 424 g/mol. The monoisotopic (exact) mass is 450 g/mol. The van der Waals surface area contributed by atoms with E-state index in [1.165, 1.54) is 25.3 Å². The van der Waals surface area contributed by atoms with Crippen molar-refractivity contribution in [2.24, 2.45) is 5.92 Å². The van der Waals surface area contributed by atoms with Gasteiger partial charge in [-0.15, -0.1) is 0 Å². The van der Waals surface area contributed by atoms with E-state index in [-0.39, 0.29) is 28.9 Å². The third kappa shape index (κ3) is 6.09. The average molecular weight is 450 g/mol. The van der Waals surface area contributed by atoms with E-state index in [1.54, 1.807) is 12.1 Å². The van der Waals surface area contributed by atoms with Crippen LogP contribution in [0.4, 0.5) is 16.2 Å². The standard InChI is InChI=1S/C24H22N2O4.CH4O2/c27-21-6-2-5-20(23(21)29)26-24(30)25-19-13-11-16(12-14-19)15-7-9-18(10-8-15)22(28)17-3-1-4-17;1-3-2/h2,5-14,17,27,29H,1,3-4H2,(H2,25,26,30);2H,1H3. The Morgan fingerprint density at radius 1 is 0.879 bits per heavy atom. The Hall–Kier alpha value is -3.88. The first-order chi connectivity index (χ1) is 15.9.